The van der Waals surface area contributed by atoms with Crippen molar-refractivity contribution in [2.75, 3.05) is 0 Å². The number of aromatic nitrogens is 2. The van der Waals surface area contributed by atoms with Crippen LogP contribution in [0.25, 0.3) is 16.2 Å². The van der Waals surface area contributed by atoms with Gasteiger partial charge in [-0.1, -0.05) is 34.5 Å². The Hall–Kier alpha value is -1.56. The fourth-order valence-electron chi connectivity index (χ4n) is 2.23. The number of aryl methyl sites for hydroxylation is 1. The first kappa shape index (κ1) is 16.3. The topological polar surface area (TPSA) is 43.6 Å². The molecule has 0 radical (unpaired) electrons. The first-order chi connectivity index (χ1) is 10.9. The highest BCUT2D eigenvalue weighted by Gasteiger charge is 2.20. The Bertz CT molecular complexity index is 899. The molecule has 120 valence electrons. The molecule has 0 saturated carbocycles. The van der Waals surface area contributed by atoms with Crippen molar-refractivity contribution in [3.8, 4) is 11.3 Å². The van der Waals surface area contributed by atoms with Crippen LogP contribution in [0.2, 0.25) is 10.0 Å². The molecule has 0 saturated heterocycles. The van der Waals surface area contributed by atoms with E-state index in [-0.39, 0.29) is 12.1 Å². The zero-order chi connectivity index (χ0) is 16.7. The van der Waals surface area contributed by atoms with Gasteiger partial charge in [-0.25, -0.2) is 9.78 Å². The molecule has 0 aliphatic rings. The number of rotatable bonds is 3. The second-order valence-corrected chi connectivity index (χ2v) is 7.19. The molecule has 0 aliphatic heterocycles. The Kier molecular flexibility index (Phi) is 4.36. The maximum Gasteiger partial charge on any atom is 0.350 e. The van der Waals surface area contributed by atoms with Crippen molar-refractivity contribution >= 4 is 45.5 Å². The van der Waals surface area contributed by atoms with Gasteiger partial charge in [-0.05, 0) is 39.0 Å². The number of nitrogens with zero attached hydrogens (tertiary/aromatic N) is 2. The lowest BCUT2D eigenvalue weighted by Crippen LogP contribution is -2.11. The number of thiazole rings is 1. The molecule has 0 bridgehead atoms. The summed E-state index contributed by atoms with van der Waals surface area (Å²) in [6.45, 7) is 5.52. The summed E-state index contributed by atoms with van der Waals surface area (Å²) in [7, 11) is 0. The Balaban J connectivity index is 2.03. The van der Waals surface area contributed by atoms with Crippen molar-refractivity contribution in [3.05, 3.63) is 45.0 Å². The van der Waals surface area contributed by atoms with Crippen LogP contribution in [0.1, 0.15) is 29.2 Å². The number of halogens is 2. The highest BCUT2D eigenvalue weighted by atomic mass is 35.5. The third-order valence-corrected chi connectivity index (χ3v) is 4.98. The predicted octanol–water partition coefficient (Wildman–Crippen LogP) is 5.24. The fraction of sp³-hybridized carbons (Fsp3) is 0.250. The summed E-state index contributed by atoms with van der Waals surface area (Å²) in [6.07, 6.45) is 1.71. The number of hydrogen-bond acceptors (Lipinski definition) is 4. The zero-order valence-electron chi connectivity index (χ0n) is 12.8. The molecule has 1 aromatic carbocycles. The lowest BCUT2D eigenvalue weighted by Gasteiger charge is -2.06. The number of fused-ring (bicyclic) bond motifs is 1. The van der Waals surface area contributed by atoms with E-state index in [0.717, 1.165) is 21.9 Å². The van der Waals surface area contributed by atoms with Gasteiger partial charge in [0.1, 0.15) is 4.88 Å². The van der Waals surface area contributed by atoms with Gasteiger partial charge < -0.3 is 4.74 Å². The molecule has 0 spiro atoms. The average molecular weight is 369 g/mol. The van der Waals surface area contributed by atoms with Crippen LogP contribution in [0.5, 0.6) is 0 Å². The maximum absolute atomic E-state index is 12.1. The minimum absolute atomic E-state index is 0.153. The van der Waals surface area contributed by atoms with Gasteiger partial charge in [0.05, 0.1) is 16.8 Å². The predicted molar refractivity (Wildman–Crippen MR) is 93.8 cm³/mol. The van der Waals surface area contributed by atoms with Crippen LogP contribution in [-0.2, 0) is 4.74 Å². The van der Waals surface area contributed by atoms with Crippen LogP contribution in [0.15, 0.2) is 24.4 Å². The van der Waals surface area contributed by atoms with Crippen molar-refractivity contribution in [1.82, 2.24) is 9.38 Å². The van der Waals surface area contributed by atoms with Crippen molar-refractivity contribution in [2.45, 2.75) is 26.9 Å². The van der Waals surface area contributed by atoms with Crippen LogP contribution in [0.4, 0.5) is 0 Å². The van der Waals surface area contributed by atoms with E-state index < -0.39 is 0 Å². The lowest BCUT2D eigenvalue weighted by atomic mass is 10.2. The molecule has 0 unspecified atom stereocenters. The van der Waals surface area contributed by atoms with Crippen LogP contribution in [-0.4, -0.2) is 21.5 Å². The SMILES string of the molecule is Cc1c(C(=O)OC(C)C)sc2nc(-c3ccc(Cl)cc3Cl)cn12. The van der Waals surface area contributed by atoms with Crippen LogP contribution in [0, 0.1) is 6.92 Å². The monoisotopic (exact) mass is 368 g/mol. The number of carbonyl (C=O) groups excluding carboxylic acids is 1. The molecular weight excluding hydrogens is 355 g/mol. The van der Waals surface area contributed by atoms with Gasteiger partial charge in [-0.2, -0.15) is 0 Å². The molecule has 0 aliphatic carbocycles. The minimum atomic E-state index is -0.320. The molecule has 3 rings (SSSR count). The number of esters is 1. The Morgan fingerprint density at radius 1 is 1.35 bits per heavy atom. The first-order valence-corrected chi connectivity index (χ1v) is 8.59. The van der Waals surface area contributed by atoms with Gasteiger partial charge >= 0.3 is 5.97 Å². The number of ether oxygens (including phenoxy) is 1. The largest absolute Gasteiger partial charge is 0.459 e. The van der Waals surface area contributed by atoms with E-state index >= 15 is 0 Å². The summed E-state index contributed by atoms with van der Waals surface area (Å²) in [6, 6.07) is 5.29. The van der Waals surface area contributed by atoms with E-state index in [1.165, 1.54) is 11.3 Å². The summed E-state index contributed by atoms with van der Waals surface area (Å²) in [5.41, 5.74) is 2.35. The molecule has 2 aromatic heterocycles. The van der Waals surface area contributed by atoms with E-state index in [9.17, 15) is 4.79 Å². The summed E-state index contributed by atoms with van der Waals surface area (Å²) in [5.74, 6) is -0.320. The molecule has 4 nitrogen and oxygen atoms in total. The minimum Gasteiger partial charge on any atom is -0.459 e. The second kappa shape index (κ2) is 6.15. The van der Waals surface area contributed by atoms with Crippen molar-refractivity contribution < 1.29 is 9.53 Å². The molecular formula is C16H14Cl2N2O2S. The third kappa shape index (κ3) is 3.09. The van der Waals surface area contributed by atoms with E-state index in [1.54, 1.807) is 12.1 Å². The summed E-state index contributed by atoms with van der Waals surface area (Å²) in [4.78, 5) is 18.0. The molecule has 0 fully saturated rings. The molecule has 0 N–H and O–H groups in total. The Labute approximate surface area is 147 Å². The molecule has 0 atom stereocenters. The highest BCUT2D eigenvalue weighted by Crippen LogP contribution is 2.32. The quantitative estimate of drug-likeness (QED) is 0.593. The van der Waals surface area contributed by atoms with Gasteiger partial charge in [0.15, 0.2) is 4.96 Å². The van der Waals surface area contributed by atoms with Crippen LogP contribution in [0.3, 0.4) is 0 Å². The summed E-state index contributed by atoms with van der Waals surface area (Å²) < 4.78 is 7.13. The molecule has 3 aromatic rings. The maximum atomic E-state index is 12.1. The Morgan fingerprint density at radius 2 is 2.09 bits per heavy atom. The highest BCUT2D eigenvalue weighted by molar-refractivity contribution is 7.19. The summed E-state index contributed by atoms with van der Waals surface area (Å²) >= 11 is 13.5. The van der Waals surface area contributed by atoms with E-state index in [2.05, 4.69) is 4.98 Å². The third-order valence-electron chi connectivity index (χ3n) is 3.29. The van der Waals surface area contributed by atoms with Crippen LogP contribution >= 0.6 is 34.5 Å². The van der Waals surface area contributed by atoms with E-state index in [1.807, 2.05) is 37.4 Å². The fourth-order valence-corrected chi connectivity index (χ4v) is 3.73. The van der Waals surface area contributed by atoms with Gasteiger partial charge in [0.2, 0.25) is 0 Å². The number of hydrogen-bond donors (Lipinski definition) is 0. The number of benzene rings is 1. The Morgan fingerprint density at radius 3 is 2.70 bits per heavy atom. The molecule has 2 heterocycles. The van der Waals surface area contributed by atoms with Crippen molar-refractivity contribution in [2.24, 2.45) is 0 Å². The second-order valence-electron chi connectivity index (χ2n) is 5.37. The van der Waals surface area contributed by atoms with E-state index in [4.69, 9.17) is 27.9 Å². The zero-order valence-corrected chi connectivity index (χ0v) is 15.1. The van der Waals surface area contributed by atoms with Gasteiger partial charge in [-0.3, -0.25) is 4.40 Å². The normalized spacial score (nSPS) is 11.4. The van der Waals surface area contributed by atoms with Gasteiger partial charge in [0, 0.05) is 22.5 Å². The standard InChI is InChI=1S/C16H14Cl2N2O2S/c1-8(2)22-15(21)14-9(3)20-7-13(19-16(20)23-14)11-5-4-10(17)6-12(11)18/h4-8H,1-3H3. The molecule has 0 amide bonds. The van der Waals surface area contributed by atoms with Crippen molar-refractivity contribution in [1.29, 1.82) is 0 Å². The van der Waals surface area contributed by atoms with Gasteiger partial charge in [-0.15, -0.1) is 0 Å². The lowest BCUT2D eigenvalue weighted by molar-refractivity contribution is 0.0382. The van der Waals surface area contributed by atoms with E-state index in [0.29, 0.717) is 14.9 Å². The van der Waals surface area contributed by atoms with Crippen molar-refractivity contribution in [3.63, 3.8) is 0 Å². The molecule has 7 heteroatoms. The number of imidazole rings is 1. The summed E-state index contributed by atoms with van der Waals surface area (Å²) in [5, 5.41) is 1.12. The van der Waals surface area contributed by atoms with Crippen LogP contribution < -0.4 is 0 Å². The van der Waals surface area contributed by atoms with Gasteiger partial charge in [0.25, 0.3) is 0 Å². The molecule has 23 heavy (non-hydrogen) atoms. The average Bonchev–Trinajstić information content (AvgIpc) is 2.98. The first-order valence-electron chi connectivity index (χ1n) is 7.01. The smallest absolute Gasteiger partial charge is 0.350 e. The number of carbonyl (C=O) groups is 1.